The highest BCUT2D eigenvalue weighted by Crippen LogP contribution is 2.35. The zero-order chi connectivity index (χ0) is 37.3. The van der Waals surface area contributed by atoms with Crippen LogP contribution in [-0.2, 0) is 32.2 Å². The van der Waals surface area contributed by atoms with Gasteiger partial charge in [-0.25, -0.2) is 0 Å². The molecule has 0 N–H and O–H groups in total. The number of ether oxygens (including phenoxy) is 4. The Hall–Kier alpha value is -2.85. The van der Waals surface area contributed by atoms with Crippen LogP contribution in [0.1, 0.15) is 158 Å². The number of carbonyl (C=O) groups excluding carboxylic acids is 1. The molecule has 3 atom stereocenters. The van der Waals surface area contributed by atoms with Crippen LogP contribution >= 0.6 is 0 Å². The second-order valence-corrected chi connectivity index (χ2v) is 11.4. The van der Waals surface area contributed by atoms with E-state index in [9.17, 15) is 4.79 Å². The van der Waals surface area contributed by atoms with Gasteiger partial charge >= 0.3 is 5.97 Å². The predicted molar refractivity (Wildman–Crippen MR) is 212 cm³/mol. The number of carbonyl (C=O) groups is 1. The molecule has 0 saturated heterocycles. The number of hydrogen-bond acceptors (Lipinski definition) is 5. The predicted octanol–water partition coefficient (Wildman–Crippen LogP) is 12.9. The fourth-order valence-corrected chi connectivity index (χ4v) is 4.85. The molecule has 49 heavy (non-hydrogen) atoms. The molecule has 0 bridgehead atoms. The fraction of sp³-hybridized carbons (Fsp3) is 0.636. The second kappa shape index (κ2) is 33.6. The van der Waals surface area contributed by atoms with Crippen LogP contribution in [-0.4, -0.2) is 31.4 Å². The van der Waals surface area contributed by atoms with Crippen molar-refractivity contribution in [1.82, 2.24) is 0 Å². The van der Waals surface area contributed by atoms with E-state index in [0.717, 1.165) is 66.5 Å². The first-order valence-corrected chi connectivity index (χ1v) is 19.5. The minimum atomic E-state index is -0.243. The summed E-state index contributed by atoms with van der Waals surface area (Å²) in [5.41, 5.74) is 7.27. The van der Waals surface area contributed by atoms with Gasteiger partial charge in [-0.15, -0.1) is 5.73 Å². The molecule has 0 heterocycles. The molecule has 0 aromatic heterocycles. The monoisotopic (exact) mass is 683 g/mol. The average Bonchev–Trinajstić information content (AvgIpc) is 3.43. The maximum atomic E-state index is 12.6. The number of unbranched alkanes of at least 4 members (excludes halogenated alkanes) is 2. The van der Waals surface area contributed by atoms with Gasteiger partial charge < -0.3 is 18.9 Å². The van der Waals surface area contributed by atoms with Crippen LogP contribution in [0.3, 0.4) is 0 Å². The zero-order valence-corrected chi connectivity index (χ0v) is 33.7. The van der Waals surface area contributed by atoms with Crippen molar-refractivity contribution in [1.29, 1.82) is 0 Å². The highest BCUT2D eigenvalue weighted by Gasteiger charge is 2.32. The van der Waals surface area contributed by atoms with Crippen LogP contribution < -0.4 is 4.74 Å². The van der Waals surface area contributed by atoms with Crippen LogP contribution in [0.15, 0.2) is 60.4 Å². The Morgan fingerprint density at radius 2 is 1.45 bits per heavy atom. The first kappa shape index (κ1) is 48.3. The van der Waals surface area contributed by atoms with Crippen LogP contribution in [0.25, 0.3) is 5.57 Å². The summed E-state index contributed by atoms with van der Waals surface area (Å²) in [7, 11) is 0. The van der Waals surface area contributed by atoms with Crippen molar-refractivity contribution in [3.63, 3.8) is 0 Å². The van der Waals surface area contributed by atoms with Crippen molar-refractivity contribution in [3.05, 3.63) is 77.1 Å². The molecule has 1 aromatic carbocycles. The van der Waals surface area contributed by atoms with Crippen LogP contribution in [0, 0.1) is 5.92 Å². The summed E-state index contributed by atoms with van der Waals surface area (Å²) in [6.07, 6.45) is 23.5. The summed E-state index contributed by atoms with van der Waals surface area (Å²) < 4.78 is 24.3. The van der Waals surface area contributed by atoms with Crippen LogP contribution in [0.5, 0.6) is 5.75 Å². The molecule has 280 valence electrons. The number of allylic oxidation sites excluding steroid dienone is 7. The summed E-state index contributed by atoms with van der Waals surface area (Å²) in [6.45, 7) is 26.6. The highest BCUT2D eigenvalue weighted by molar-refractivity contribution is 5.77. The van der Waals surface area contributed by atoms with Crippen LogP contribution in [0.4, 0.5) is 0 Å². The van der Waals surface area contributed by atoms with Crippen molar-refractivity contribution in [2.45, 2.75) is 166 Å². The maximum Gasteiger partial charge on any atom is 0.309 e. The summed E-state index contributed by atoms with van der Waals surface area (Å²) in [5.74, 6) is 0.542. The molecule has 0 radical (unpaired) electrons. The molecule has 5 nitrogen and oxygen atoms in total. The van der Waals surface area contributed by atoms with Crippen LogP contribution in [0.2, 0.25) is 0 Å². The van der Waals surface area contributed by atoms with Gasteiger partial charge in [-0.3, -0.25) is 4.79 Å². The first-order chi connectivity index (χ1) is 23.9. The summed E-state index contributed by atoms with van der Waals surface area (Å²) in [5, 5.41) is 0. The van der Waals surface area contributed by atoms with E-state index in [4.69, 9.17) is 18.9 Å². The van der Waals surface area contributed by atoms with Crippen molar-refractivity contribution in [3.8, 4) is 5.75 Å². The third kappa shape index (κ3) is 21.1. The van der Waals surface area contributed by atoms with Gasteiger partial charge in [0.25, 0.3) is 0 Å². The largest absolute Gasteiger partial charge is 0.486 e. The van der Waals surface area contributed by atoms with E-state index >= 15 is 0 Å². The average molecular weight is 683 g/mol. The third-order valence-corrected chi connectivity index (χ3v) is 7.69. The molecular weight excluding hydrogens is 608 g/mol. The quantitative estimate of drug-likeness (QED) is 0.105. The Morgan fingerprint density at radius 1 is 0.878 bits per heavy atom. The number of benzene rings is 1. The van der Waals surface area contributed by atoms with Crippen molar-refractivity contribution in [2.75, 3.05) is 13.2 Å². The highest BCUT2D eigenvalue weighted by atomic mass is 16.6. The van der Waals surface area contributed by atoms with E-state index in [-0.39, 0.29) is 24.1 Å². The first-order valence-electron chi connectivity index (χ1n) is 19.5. The van der Waals surface area contributed by atoms with E-state index in [1.165, 1.54) is 19.3 Å². The molecule has 0 aliphatic heterocycles. The van der Waals surface area contributed by atoms with E-state index < -0.39 is 0 Å². The van der Waals surface area contributed by atoms with E-state index in [2.05, 4.69) is 56.9 Å². The van der Waals surface area contributed by atoms with Gasteiger partial charge in [-0.05, 0) is 94.7 Å². The Balaban J connectivity index is 0. The van der Waals surface area contributed by atoms with E-state index in [1.807, 2.05) is 86.6 Å². The number of esters is 1. The molecule has 2 aliphatic carbocycles. The fourth-order valence-electron chi connectivity index (χ4n) is 4.85. The van der Waals surface area contributed by atoms with Gasteiger partial charge in [0.2, 0.25) is 0 Å². The van der Waals surface area contributed by atoms with Gasteiger partial charge in [0.05, 0.1) is 19.1 Å². The molecule has 1 aromatic rings. The maximum absolute atomic E-state index is 12.6. The lowest BCUT2D eigenvalue weighted by molar-refractivity contribution is -0.160. The molecule has 2 aliphatic rings. The summed E-state index contributed by atoms with van der Waals surface area (Å²) in [4.78, 5) is 12.6. The third-order valence-electron chi connectivity index (χ3n) is 7.69. The zero-order valence-electron chi connectivity index (χ0n) is 33.7. The minimum absolute atomic E-state index is 0.108. The Labute approximate surface area is 302 Å². The SMILES string of the molecule is CC.CC.CC=CCC.CCCCC.CCOCc1cc(C2=CC=CC=C=C2)cc(COCC)c1OC1CCCCC1OC(=O)C(C)CC. The van der Waals surface area contributed by atoms with Gasteiger partial charge in [0.1, 0.15) is 18.0 Å². The smallest absolute Gasteiger partial charge is 0.309 e. The van der Waals surface area contributed by atoms with E-state index in [0.29, 0.717) is 26.4 Å². The lowest BCUT2D eigenvalue weighted by Gasteiger charge is -2.33. The number of rotatable bonds is 15. The number of hydrogen-bond donors (Lipinski definition) is 0. The molecule has 5 heteroatoms. The normalized spacial score (nSPS) is 16.6. The minimum Gasteiger partial charge on any atom is -0.486 e. The van der Waals surface area contributed by atoms with Gasteiger partial charge in [0, 0.05) is 24.3 Å². The Kier molecular flexibility index (Phi) is 33.1. The van der Waals surface area contributed by atoms with Crippen molar-refractivity contribution >= 4 is 11.5 Å². The van der Waals surface area contributed by atoms with Crippen molar-refractivity contribution in [2.24, 2.45) is 5.92 Å². The molecular formula is C44H74O5. The summed E-state index contributed by atoms with van der Waals surface area (Å²) >= 11 is 0. The molecule has 1 saturated carbocycles. The topological polar surface area (TPSA) is 54.0 Å². The van der Waals surface area contributed by atoms with E-state index in [1.54, 1.807) is 0 Å². The lowest BCUT2D eigenvalue weighted by Crippen LogP contribution is -2.39. The standard InChI is InChI=1S/C30H40O5.C5H12.C5H10.2C2H6/c1-5-22(4)30(31)35-28-17-13-12-16-27(28)34-29-25(20-32-6-2)18-24(19-26(29)21-33-7-3)23-14-10-8-9-11-15-23;2*1-3-5-4-2;2*1-2/h8-10,14-15,18-19,22,27-28H,5-7,12-13,16-17,20-21H2,1-4H3;3-5H2,1-2H3;3,5H,4H2,1-2H3;2*1-2H3. The van der Waals surface area contributed by atoms with Gasteiger partial charge in [0.15, 0.2) is 0 Å². The molecule has 0 spiro atoms. The summed E-state index contributed by atoms with van der Waals surface area (Å²) in [6, 6.07) is 4.26. The molecule has 0 amide bonds. The van der Waals surface area contributed by atoms with Gasteiger partial charge in [-0.2, -0.15) is 0 Å². The Morgan fingerprint density at radius 3 is 1.90 bits per heavy atom. The second-order valence-electron chi connectivity index (χ2n) is 11.4. The lowest BCUT2D eigenvalue weighted by atomic mass is 9.93. The molecule has 3 rings (SSSR count). The molecule has 3 unspecified atom stereocenters. The van der Waals surface area contributed by atoms with Crippen molar-refractivity contribution < 1.29 is 23.7 Å². The molecule has 1 fully saturated rings. The van der Waals surface area contributed by atoms with Gasteiger partial charge in [-0.1, -0.05) is 112 Å². The Bertz CT molecular complexity index is 1080.